The van der Waals surface area contributed by atoms with Gasteiger partial charge in [-0.15, -0.1) is 0 Å². The monoisotopic (exact) mass is 406 g/mol. The van der Waals surface area contributed by atoms with Crippen molar-refractivity contribution in [1.82, 2.24) is 19.8 Å². The summed E-state index contributed by atoms with van der Waals surface area (Å²) in [5, 5.41) is 0. The summed E-state index contributed by atoms with van der Waals surface area (Å²) in [6.45, 7) is 6.28. The number of rotatable bonds is 3. The molecule has 6 nitrogen and oxygen atoms in total. The molecule has 0 saturated carbocycles. The molecule has 3 aliphatic rings. The minimum absolute atomic E-state index is 0.0203. The first-order valence-electron chi connectivity index (χ1n) is 11.2. The molecule has 0 bridgehead atoms. The van der Waals surface area contributed by atoms with Crippen LogP contribution in [0.3, 0.4) is 0 Å². The summed E-state index contributed by atoms with van der Waals surface area (Å²) in [5.74, 6) is 1.01. The highest BCUT2D eigenvalue weighted by molar-refractivity contribution is 5.81. The second-order valence-electron chi connectivity index (χ2n) is 8.77. The van der Waals surface area contributed by atoms with Gasteiger partial charge in [0.25, 0.3) is 0 Å². The molecule has 2 saturated heterocycles. The van der Waals surface area contributed by atoms with Gasteiger partial charge in [0.2, 0.25) is 5.91 Å². The standard InChI is InChI=1S/C24H30N4O2/c1-18(27-12-5-6-13-27)23(29)28-14-10-24(11-15-28)21-20(9-16-30-24)17-25-22(26-21)19-7-3-2-4-8-19/h2-4,7-8,17-18H,5-6,9-16H2,1H3. The minimum atomic E-state index is -0.395. The van der Waals surface area contributed by atoms with E-state index in [0.717, 1.165) is 62.5 Å². The van der Waals surface area contributed by atoms with Gasteiger partial charge in [-0.25, -0.2) is 9.97 Å². The number of hydrogen-bond acceptors (Lipinski definition) is 5. The summed E-state index contributed by atoms with van der Waals surface area (Å²) in [7, 11) is 0. The second-order valence-corrected chi connectivity index (χ2v) is 8.77. The van der Waals surface area contributed by atoms with E-state index in [1.807, 2.05) is 41.4 Å². The second kappa shape index (κ2) is 8.08. The maximum Gasteiger partial charge on any atom is 0.239 e. The Hall–Kier alpha value is -2.31. The number of likely N-dealkylation sites (tertiary alicyclic amines) is 2. The molecule has 0 N–H and O–H groups in total. The number of nitrogens with zero attached hydrogens (tertiary/aromatic N) is 4. The first-order valence-corrected chi connectivity index (χ1v) is 11.2. The van der Waals surface area contributed by atoms with Crippen molar-refractivity contribution in [2.75, 3.05) is 32.8 Å². The number of hydrogen-bond donors (Lipinski definition) is 0. The number of carbonyl (C=O) groups is 1. The van der Waals surface area contributed by atoms with Crippen LogP contribution in [0.25, 0.3) is 11.4 Å². The lowest BCUT2D eigenvalue weighted by molar-refractivity contribution is -0.145. The molecule has 2 fully saturated rings. The Morgan fingerprint density at radius 1 is 1.10 bits per heavy atom. The van der Waals surface area contributed by atoms with Crippen LogP contribution in [0.4, 0.5) is 0 Å². The van der Waals surface area contributed by atoms with E-state index in [0.29, 0.717) is 6.61 Å². The number of amides is 1. The van der Waals surface area contributed by atoms with Crippen molar-refractivity contribution >= 4 is 5.91 Å². The summed E-state index contributed by atoms with van der Waals surface area (Å²) in [5.41, 5.74) is 2.84. The Morgan fingerprint density at radius 3 is 2.57 bits per heavy atom. The first kappa shape index (κ1) is 19.6. The largest absolute Gasteiger partial charge is 0.368 e. The van der Waals surface area contributed by atoms with E-state index >= 15 is 0 Å². The molecule has 158 valence electrons. The van der Waals surface area contributed by atoms with Crippen molar-refractivity contribution in [1.29, 1.82) is 0 Å². The smallest absolute Gasteiger partial charge is 0.239 e. The van der Waals surface area contributed by atoms with Gasteiger partial charge in [0.1, 0.15) is 5.60 Å². The van der Waals surface area contributed by atoms with Crippen LogP contribution >= 0.6 is 0 Å². The predicted molar refractivity (Wildman–Crippen MR) is 115 cm³/mol. The highest BCUT2D eigenvalue weighted by Crippen LogP contribution is 2.41. The molecule has 0 radical (unpaired) electrons. The zero-order valence-corrected chi connectivity index (χ0v) is 17.7. The van der Waals surface area contributed by atoms with Crippen LogP contribution in [0.1, 0.15) is 43.9 Å². The van der Waals surface area contributed by atoms with Crippen LogP contribution in [-0.4, -0.2) is 64.5 Å². The van der Waals surface area contributed by atoms with Gasteiger partial charge in [-0.1, -0.05) is 30.3 Å². The van der Waals surface area contributed by atoms with Crippen molar-refractivity contribution < 1.29 is 9.53 Å². The minimum Gasteiger partial charge on any atom is -0.368 e. The molecule has 3 aliphatic heterocycles. The quantitative estimate of drug-likeness (QED) is 0.784. The van der Waals surface area contributed by atoms with Crippen LogP contribution in [0, 0.1) is 0 Å². The zero-order valence-electron chi connectivity index (χ0n) is 17.7. The van der Waals surface area contributed by atoms with Crippen molar-refractivity contribution in [2.45, 2.75) is 50.7 Å². The van der Waals surface area contributed by atoms with Crippen molar-refractivity contribution in [3.8, 4) is 11.4 Å². The third-order valence-electron chi connectivity index (χ3n) is 7.01. The summed E-state index contributed by atoms with van der Waals surface area (Å²) in [6, 6.07) is 10.1. The molecule has 0 aliphatic carbocycles. The third kappa shape index (κ3) is 3.52. The molecule has 1 unspecified atom stereocenters. The maximum atomic E-state index is 13.1. The number of piperidine rings is 1. The van der Waals surface area contributed by atoms with Gasteiger partial charge in [0.15, 0.2) is 5.82 Å². The van der Waals surface area contributed by atoms with Crippen molar-refractivity contribution in [3.05, 3.63) is 47.8 Å². The molecule has 2 aromatic rings. The molecule has 6 heteroatoms. The van der Waals surface area contributed by atoms with Gasteiger partial charge >= 0.3 is 0 Å². The molecule has 4 heterocycles. The average molecular weight is 407 g/mol. The fourth-order valence-electron chi connectivity index (χ4n) is 5.15. The fourth-order valence-corrected chi connectivity index (χ4v) is 5.15. The Balaban J connectivity index is 1.35. The van der Waals surface area contributed by atoms with Gasteiger partial charge in [-0.3, -0.25) is 9.69 Å². The van der Waals surface area contributed by atoms with Crippen LogP contribution in [0.2, 0.25) is 0 Å². The van der Waals surface area contributed by atoms with Gasteiger partial charge in [0, 0.05) is 24.8 Å². The van der Waals surface area contributed by atoms with Gasteiger partial charge in [0.05, 0.1) is 18.3 Å². The first-order chi connectivity index (χ1) is 14.7. The van der Waals surface area contributed by atoms with Crippen LogP contribution < -0.4 is 0 Å². The lowest BCUT2D eigenvalue weighted by Crippen LogP contribution is -2.53. The third-order valence-corrected chi connectivity index (χ3v) is 7.01. The van der Waals surface area contributed by atoms with Crippen molar-refractivity contribution in [2.24, 2.45) is 0 Å². The number of carbonyl (C=O) groups excluding carboxylic acids is 1. The van der Waals surface area contributed by atoms with E-state index in [2.05, 4.69) is 16.8 Å². The number of ether oxygens (including phenoxy) is 1. The lowest BCUT2D eigenvalue weighted by atomic mass is 9.83. The van der Waals surface area contributed by atoms with Gasteiger partial charge in [-0.2, -0.15) is 0 Å². The summed E-state index contributed by atoms with van der Waals surface area (Å²) in [4.78, 5) is 27.0. The molecular formula is C24H30N4O2. The van der Waals surface area contributed by atoms with E-state index < -0.39 is 5.60 Å². The molecule has 1 atom stereocenters. The Morgan fingerprint density at radius 2 is 1.83 bits per heavy atom. The number of aromatic nitrogens is 2. The van der Waals surface area contributed by atoms with Crippen LogP contribution in [-0.2, 0) is 21.6 Å². The molecule has 1 aromatic heterocycles. The van der Waals surface area contributed by atoms with Crippen LogP contribution in [0.15, 0.2) is 36.5 Å². The maximum absolute atomic E-state index is 13.1. The van der Waals surface area contributed by atoms with E-state index in [1.54, 1.807) is 0 Å². The molecule has 1 aromatic carbocycles. The molecule has 1 spiro atoms. The zero-order chi connectivity index (χ0) is 20.6. The molecule has 30 heavy (non-hydrogen) atoms. The average Bonchev–Trinajstić information content (AvgIpc) is 3.34. The van der Waals surface area contributed by atoms with Gasteiger partial charge in [-0.05, 0) is 57.7 Å². The summed E-state index contributed by atoms with van der Waals surface area (Å²) in [6.07, 6.45) is 6.82. The number of benzene rings is 1. The summed E-state index contributed by atoms with van der Waals surface area (Å²) < 4.78 is 6.37. The Kier molecular flexibility index (Phi) is 5.29. The highest BCUT2D eigenvalue weighted by Gasteiger charge is 2.44. The fraction of sp³-hybridized carbons (Fsp3) is 0.542. The van der Waals surface area contributed by atoms with Crippen molar-refractivity contribution in [3.63, 3.8) is 0 Å². The SMILES string of the molecule is CC(C(=O)N1CCC2(CC1)OCCc1cnc(-c3ccccc3)nc12)N1CCCC1. The Bertz CT molecular complexity index is 903. The molecular weight excluding hydrogens is 376 g/mol. The lowest BCUT2D eigenvalue weighted by Gasteiger charge is -2.45. The molecule has 1 amide bonds. The summed E-state index contributed by atoms with van der Waals surface area (Å²) >= 11 is 0. The van der Waals surface area contributed by atoms with E-state index in [-0.39, 0.29) is 11.9 Å². The van der Waals surface area contributed by atoms with E-state index in [1.165, 1.54) is 18.4 Å². The van der Waals surface area contributed by atoms with E-state index in [9.17, 15) is 4.79 Å². The number of fused-ring (bicyclic) bond motifs is 2. The Labute approximate surface area is 178 Å². The normalized spacial score (nSPS) is 22.1. The van der Waals surface area contributed by atoms with Crippen LogP contribution in [0.5, 0.6) is 0 Å². The predicted octanol–water partition coefficient (Wildman–Crippen LogP) is 3.02. The van der Waals surface area contributed by atoms with E-state index in [4.69, 9.17) is 9.72 Å². The van der Waals surface area contributed by atoms with Gasteiger partial charge < -0.3 is 9.64 Å². The highest BCUT2D eigenvalue weighted by atomic mass is 16.5. The molecule has 5 rings (SSSR count). The topological polar surface area (TPSA) is 58.6 Å².